The standard InChI is InChI=1S/C14H21NO2/c1-16-10-12-7-6-11(9-14(12)17-2)13-5-3-4-8-15-13/h6-7,9,13,15H,3-5,8,10H2,1-2H3. The van der Waals surface area contributed by atoms with Gasteiger partial charge in [0.15, 0.2) is 0 Å². The summed E-state index contributed by atoms with van der Waals surface area (Å²) >= 11 is 0. The fourth-order valence-corrected chi connectivity index (χ4v) is 2.39. The molecule has 3 heteroatoms. The van der Waals surface area contributed by atoms with E-state index in [9.17, 15) is 0 Å². The first-order valence-electron chi connectivity index (χ1n) is 6.24. The third-order valence-corrected chi connectivity index (χ3v) is 3.32. The molecule has 17 heavy (non-hydrogen) atoms. The van der Waals surface area contributed by atoms with Gasteiger partial charge in [0.05, 0.1) is 13.7 Å². The van der Waals surface area contributed by atoms with E-state index in [4.69, 9.17) is 9.47 Å². The molecule has 0 spiro atoms. The SMILES string of the molecule is COCc1ccc(C2CCCCN2)cc1OC. The molecule has 1 atom stereocenters. The summed E-state index contributed by atoms with van der Waals surface area (Å²) in [5.74, 6) is 0.928. The third kappa shape index (κ3) is 2.99. The van der Waals surface area contributed by atoms with Crippen molar-refractivity contribution >= 4 is 0 Å². The summed E-state index contributed by atoms with van der Waals surface area (Å²) in [7, 11) is 3.42. The van der Waals surface area contributed by atoms with Gasteiger partial charge in [-0.1, -0.05) is 18.6 Å². The quantitative estimate of drug-likeness (QED) is 0.870. The predicted molar refractivity (Wildman–Crippen MR) is 68.3 cm³/mol. The summed E-state index contributed by atoms with van der Waals surface area (Å²) in [6, 6.07) is 6.90. The van der Waals surface area contributed by atoms with E-state index in [1.807, 2.05) is 0 Å². The second kappa shape index (κ2) is 6.03. The van der Waals surface area contributed by atoms with Gasteiger partial charge in [-0.15, -0.1) is 0 Å². The molecule has 1 fully saturated rings. The van der Waals surface area contributed by atoms with Crippen LogP contribution < -0.4 is 10.1 Å². The summed E-state index contributed by atoms with van der Waals surface area (Å²) < 4.78 is 10.6. The first-order chi connectivity index (χ1) is 8.35. The lowest BCUT2D eigenvalue weighted by atomic mass is 9.96. The van der Waals surface area contributed by atoms with E-state index in [-0.39, 0.29) is 0 Å². The highest BCUT2D eigenvalue weighted by Crippen LogP contribution is 2.28. The van der Waals surface area contributed by atoms with Crippen LogP contribution in [0.15, 0.2) is 18.2 Å². The Bertz CT molecular complexity index is 359. The van der Waals surface area contributed by atoms with Crippen molar-refractivity contribution in [3.8, 4) is 5.75 Å². The van der Waals surface area contributed by atoms with Crippen LogP contribution in [0.3, 0.4) is 0 Å². The number of benzene rings is 1. The second-order valence-electron chi connectivity index (χ2n) is 4.51. The maximum absolute atomic E-state index is 5.42. The zero-order valence-corrected chi connectivity index (χ0v) is 10.7. The van der Waals surface area contributed by atoms with Gasteiger partial charge in [0.2, 0.25) is 0 Å². The first kappa shape index (κ1) is 12.4. The average Bonchev–Trinajstić information content (AvgIpc) is 2.40. The molecule has 1 aromatic carbocycles. The lowest BCUT2D eigenvalue weighted by Crippen LogP contribution is -2.26. The van der Waals surface area contributed by atoms with Gasteiger partial charge < -0.3 is 14.8 Å². The van der Waals surface area contributed by atoms with E-state index in [2.05, 4.69) is 23.5 Å². The van der Waals surface area contributed by atoms with Crippen molar-refractivity contribution in [2.24, 2.45) is 0 Å². The number of rotatable bonds is 4. The third-order valence-electron chi connectivity index (χ3n) is 3.32. The molecule has 0 saturated carbocycles. The molecule has 1 aromatic rings. The van der Waals surface area contributed by atoms with Crippen molar-refractivity contribution in [1.82, 2.24) is 5.32 Å². The molecule has 1 saturated heterocycles. The number of nitrogens with one attached hydrogen (secondary N) is 1. The molecule has 1 unspecified atom stereocenters. The highest BCUT2D eigenvalue weighted by Gasteiger charge is 2.16. The Morgan fingerprint density at radius 2 is 2.18 bits per heavy atom. The first-order valence-corrected chi connectivity index (χ1v) is 6.24. The molecular weight excluding hydrogens is 214 g/mol. The van der Waals surface area contributed by atoms with Gasteiger partial charge >= 0.3 is 0 Å². The van der Waals surface area contributed by atoms with Crippen LogP contribution in [0, 0.1) is 0 Å². The van der Waals surface area contributed by atoms with Gasteiger partial charge in [-0.3, -0.25) is 0 Å². The minimum Gasteiger partial charge on any atom is -0.496 e. The fraction of sp³-hybridized carbons (Fsp3) is 0.571. The van der Waals surface area contributed by atoms with Crippen molar-refractivity contribution < 1.29 is 9.47 Å². The fourth-order valence-electron chi connectivity index (χ4n) is 2.39. The van der Waals surface area contributed by atoms with Crippen LogP contribution in [0.4, 0.5) is 0 Å². The van der Waals surface area contributed by atoms with Crippen LogP contribution in [0.5, 0.6) is 5.75 Å². The molecule has 3 nitrogen and oxygen atoms in total. The summed E-state index contributed by atoms with van der Waals surface area (Å²) in [4.78, 5) is 0. The molecule has 0 aliphatic carbocycles. The van der Waals surface area contributed by atoms with Crippen molar-refractivity contribution in [1.29, 1.82) is 0 Å². The molecule has 1 heterocycles. The second-order valence-corrected chi connectivity index (χ2v) is 4.51. The van der Waals surface area contributed by atoms with Crippen LogP contribution >= 0.6 is 0 Å². The van der Waals surface area contributed by atoms with E-state index in [1.165, 1.54) is 24.8 Å². The van der Waals surface area contributed by atoms with E-state index >= 15 is 0 Å². The summed E-state index contributed by atoms with van der Waals surface area (Å²) in [5, 5.41) is 3.55. The predicted octanol–water partition coefficient (Wildman–Crippen LogP) is 2.66. The Morgan fingerprint density at radius 1 is 1.29 bits per heavy atom. The molecule has 1 aliphatic heterocycles. The Labute approximate surface area is 103 Å². The number of methoxy groups -OCH3 is 2. The molecule has 2 rings (SSSR count). The van der Waals surface area contributed by atoms with Crippen LogP contribution in [0.1, 0.15) is 36.4 Å². The minimum atomic E-state index is 0.481. The molecule has 0 radical (unpaired) electrons. The lowest BCUT2D eigenvalue weighted by Gasteiger charge is -2.24. The van der Waals surface area contributed by atoms with Gasteiger partial charge in [-0.05, 0) is 31.0 Å². The summed E-state index contributed by atoms with van der Waals surface area (Å²) in [6.07, 6.45) is 3.81. The largest absolute Gasteiger partial charge is 0.496 e. The smallest absolute Gasteiger partial charge is 0.124 e. The number of hydrogen-bond acceptors (Lipinski definition) is 3. The van der Waals surface area contributed by atoms with Crippen LogP contribution in [0.2, 0.25) is 0 Å². The maximum atomic E-state index is 5.42. The Kier molecular flexibility index (Phi) is 4.40. The maximum Gasteiger partial charge on any atom is 0.124 e. The zero-order chi connectivity index (χ0) is 12.1. The minimum absolute atomic E-state index is 0.481. The van der Waals surface area contributed by atoms with E-state index < -0.39 is 0 Å². The number of ether oxygens (including phenoxy) is 2. The molecule has 94 valence electrons. The molecule has 1 N–H and O–H groups in total. The molecule has 1 aliphatic rings. The van der Waals surface area contributed by atoms with Gasteiger partial charge in [0, 0.05) is 18.7 Å². The lowest BCUT2D eigenvalue weighted by molar-refractivity contribution is 0.181. The summed E-state index contributed by atoms with van der Waals surface area (Å²) in [5.41, 5.74) is 2.43. The Hall–Kier alpha value is -1.06. The monoisotopic (exact) mass is 235 g/mol. The van der Waals surface area contributed by atoms with Gasteiger partial charge in [0.1, 0.15) is 5.75 Å². The van der Waals surface area contributed by atoms with Gasteiger partial charge in [0.25, 0.3) is 0 Å². The van der Waals surface area contributed by atoms with E-state index in [0.29, 0.717) is 12.6 Å². The Morgan fingerprint density at radius 3 is 2.82 bits per heavy atom. The highest BCUT2D eigenvalue weighted by molar-refractivity contribution is 5.38. The topological polar surface area (TPSA) is 30.5 Å². The summed E-state index contributed by atoms with van der Waals surface area (Å²) in [6.45, 7) is 1.72. The average molecular weight is 235 g/mol. The molecule has 0 amide bonds. The van der Waals surface area contributed by atoms with Crippen LogP contribution in [-0.2, 0) is 11.3 Å². The van der Waals surface area contributed by atoms with Gasteiger partial charge in [-0.25, -0.2) is 0 Å². The van der Waals surface area contributed by atoms with Crippen molar-refractivity contribution in [2.45, 2.75) is 31.9 Å². The Balaban J connectivity index is 2.17. The van der Waals surface area contributed by atoms with E-state index in [0.717, 1.165) is 17.9 Å². The highest BCUT2D eigenvalue weighted by atomic mass is 16.5. The molecule has 0 aromatic heterocycles. The normalized spacial score (nSPS) is 20.2. The van der Waals surface area contributed by atoms with Crippen LogP contribution in [0.25, 0.3) is 0 Å². The van der Waals surface area contributed by atoms with Gasteiger partial charge in [-0.2, -0.15) is 0 Å². The molecular formula is C14H21NO2. The van der Waals surface area contributed by atoms with Crippen molar-refractivity contribution in [2.75, 3.05) is 20.8 Å². The van der Waals surface area contributed by atoms with Crippen molar-refractivity contribution in [3.05, 3.63) is 29.3 Å². The van der Waals surface area contributed by atoms with Crippen molar-refractivity contribution in [3.63, 3.8) is 0 Å². The van der Waals surface area contributed by atoms with Crippen LogP contribution in [-0.4, -0.2) is 20.8 Å². The zero-order valence-electron chi connectivity index (χ0n) is 10.7. The molecule has 0 bridgehead atoms. The number of piperidine rings is 1. The van der Waals surface area contributed by atoms with E-state index in [1.54, 1.807) is 14.2 Å². The number of hydrogen-bond donors (Lipinski definition) is 1.